The molecule has 2 unspecified atom stereocenters. The number of nitrogens with one attached hydrogen (secondary N) is 1. The number of carbonyl (C=O) groups is 1. The highest BCUT2D eigenvalue weighted by molar-refractivity contribution is 5.87. The molecule has 5 nitrogen and oxygen atoms in total. The predicted molar refractivity (Wildman–Crippen MR) is 62.7 cm³/mol. The average Bonchev–Trinajstić information content (AvgIpc) is 2.21. The Labute approximate surface area is 96.7 Å². The summed E-state index contributed by atoms with van der Waals surface area (Å²) in [7, 11) is 0. The maximum Gasteiger partial charge on any atom is 0.334 e. The zero-order chi connectivity index (χ0) is 12.6. The Morgan fingerprint density at radius 1 is 1.56 bits per heavy atom. The van der Waals surface area contributed by atoms with Crippen LogP contribution in [0, 0.1) is 0 Å². The molecule has 0 aliphatic rings. The first-order chi connectivity index (χ1) is 7.49. The van der Waals surface area contributed by atoms with Gasteiger partial charge in [0.05, 0.1) is 0 Å². The molecular formula is C11H22N2O3. The van der Waals surface area contributed by atoms with Crippen molar-refractivity contribution in [2.24, 2.45) is 5.73 Å². The lowest BCUT2D eigenvalue weighted by molar-refractivity contribution is -0.152. The Bertz CT molecular complexity index is 229. The van der Waals surface area contributed by atoms with Gasteiger partial charge in [0.2, 0.25) is 0 Å². The van der Waals surface area contributed by atoms with E-state index < -0.39 is 18.3 Å². The smallest absolute Gasteiger partial charge is 0.334 e. The number of hydrogen-bond acceptors (Lipinski definition) is 5. The highest BCUT2D eigenvalue weighted by atomic mass is 16.6. The van der Waals surface area contributed by atoms with Gasteiger partial charge in [-0.3, -0.25) is 5.32 Å². The summed E-state index contributed by atoms with van der Waals surface area (Å²) >= 11 is 0. The largest absolute Gasteiger partial charge is 0.440 e. The van der Waals surface area contributed by atoms with Gasteiger partial charge >= 0.3 is 5.97 Å². The Balaban J connectivity index is 3.98. The Hall–Kier alpha value is -0.910. The van der Waals surface area contributed by atoms with Gasteiger partial charge in [-0.2, -0.15) is 0 Å². The summed E-state index contributed by atoms with van der Waals surface area (Å²) in [5, 5.41) is 12.4. The second kappa shape index (κ2) is 8.27. The predicted octanol–water partition coefficient (Wildman–Crippen LogP) is 0.141. The molecule has 0 aromatic rings. The molecule has 0 aliphatic heterocycles. The molecular weight excluding hydrogens is 208 g/mol. The van der Waals surface area contributed by atoms with Crippen LogP contribution in [-0.2, 0) is 9.53 Å². The highest BCUT2D eigenvalue weighted by Gasteiger charge is 2.18. The van der Waals surface area contributed by atoms with E-state index in [1.807, 2.05) is 0 Å². The van der Waals surface area contributed by atoms with Crippen LogP contribution < -0.4 is 11.1 Å². The number of hydrogen-bond donors (Lipinski definition) is 3. The van der Waals surface area contributed by atoms with E-state index >= 15 is 0 Å². The molecule has 0 radical (unpaired) electrons. The van der Waals surface area contributed by atoms with Gasteiger partial charge in [-0.05, 0) is 39.8 Å². The molecule has 0 heterocycles. The summed E-state index contributed by atoms with van der Waals surface area (Å²) in [5.74, 6) is -0.503. The fourth-order valence-electron chi connectivity index (χ4n) is 1.04. The van der Waals surface area contributed by atoms with Crippen molar-refractivity contribution in [1.82, 2.24) is 5.32 Å². The van der Waals surface area contributed by atoms with E-state index in [-0.39, 0.29) is 0 Å². The fourth-order valence-corrected chi connectivity index (χ4v) is 1.04. The molecule has 0 spiro atoms. The summed E-state index contributed by atoms with van der Waals surface area (Å²) in [6.07, 6.45) is 0.321. The summed E-state index contributed by atoms with van der Waals surface area (Å²) in [6.45, 7) is 7.88. The summed E-state index contributed by atoms with van der Waals surface area (Å²) in [5.41, 5.74) is 5.67. The van der Waals surface area contributed by atoms with Gasteiger partial charge < -0.3 is 15.6 Å². The lowest BCUT2D eigenvalue weighted by Gasteiger charge is -2.21. The number of ether oxygens (including phenoxy) is 1. The highest BCUT2D eigenvalue weighted by Crippen LogP contribution is 2.01. The molecule has 0 aliphatic carbocycles. The molecule has 0 rings (SSSR count). The summed E-state index contributed by atoms with van der Waals surface area (Å²) in [4.78, 5) is 11.3. The van der Waals surface area contributed by atoms with E-state index in [1.54, 1.807) is 13.8 Å². The second-order valence-electron chi connectivity index (χ2n) is 3.80. The zero-order valence-corrected chi connectivity index (χ0v) is 10.0. The maximum atomic E-state index is 11.3. The van der Waals surface area contributed by atoms with Crippen LogP contribution >= 0.6 is 0 Å². The third kappa shape index (κ3) is 6.55. The summed E-state index contributed by atoms with van der Waals surface area (Å²) < 4.78 is 5.02. The standard InChI is InChI=1S/C11H22N2O3/c1-8(2)11(15)16-10(9(3)14)13-7-5-4-6-12/h9-10,13-14H,1,4-7,12H2,2-3H3. The normalized spacial score (nSPS) is 14.2. The first kappa shape index (κ1) is 15.1. The quantitative estimate of drug-likeness (QED) is 0.239. The lowest BCUT2D eigenvalue weighted by atomic mass is 10.3. The van der Waals surface area contributed by atoms with E-state index in [1.165, 1.54) is 0 Å². The van der Waals surface area contributed by atoms with Gasteiger partial charge in [-0.15, -0.1) is 0 Å². The van der Waals surface area contributed by atoms with Crippen molar-refractivity contribution < 1.29 is 14.6 Å². The Morgan fingerprint density at radius 2 is 2.19 bits per heavy atom. The van der Waals surface area contributed by atoms with E-state index in [4.69, 9.17) is 10.5 Å². The van der Waals surface area contributed by atoms with E-state index in [2.05, 4.69) is 11.9 Å². The van der Waals surface area contributed by atoms with Crippen LogP contribution in [0.4, 0.5) is 0 Å². The molecule has 0 bridgehead atoms. The van der Waals surface area contributed by atoms with E-state index in [0.717, 1.165) is 12.8 Å². The molecule has 0 fully saturated rings. The van der Waals surface area contributed by atoms with Gasteiger partial charge in [0, 0.05) is 5.57 Å². The number of esters is 1. The minimum Gasteiger partial charge on any atom is -0.440 e. The minimum atomic E-state index is -0.763. The third-order valence-corrected chi connectivity index (χ3v) is 2.00. The monoisotopic (exact) mass is 230 g/mol. The van der Waals surface area contributed by atoms with Gasteiger partial charge in [-0.1, -0.05) is 6.58 Å². The number of nitrogens with two attached hydrogens (primary N) is 1. The van der Waals surface area contributed by atoms with Crippen molar-refractivity contribution in [3.63, 3.8) is 0 Å². The van der Waals surface area contributed by atoms with Crippen molar-refractivity contribution >= 4 is 5.97 Å². The molecule has 5 heteroatoms. The number of rotatable bonds is 8. The van der Waals surface area contributed by atoms with Crippen molar-refractivity contribution in [1.29, 1.82) is 0 Å². The number of aliphatic hydroxyl groups is 1. The van der Waals surface area contributed by atoms with Crippen LogP contribution in [0.2, 0.25) is 0 Å². The zero-order valence-electron chi connectivity index (χ0n) is 10.0. The first-order valence-electron chi connectivity index (χ1n) is 5.47. The van der Waals surface area contributed by atoms with Crippen LogP contribution in [0.1, 0.15) is 26.7 Å². The van der Waals surface area contributed by atoms with Gasteiger partial charge in [0.15, 0.2) is 6.23 Å². The van der Waals surface area contributed by atoms with Crippen molar-refractivity contribution in [2.45, 2.75) is 39.0 Å². The molecule has 0 saturated carbocycles. The molecule has 2 atom stereocenters. The van der Waals surface area contributed by atoms with Gasteiger partial charge in [0.1, 0.15) is 6.10 Å². The number of unbranched alkanes of at least 4 members (excludes halogenated alkanes) is 1. The van der Waals surface area contributed by atoms with Crippen LogP contribution in [0.25, 0.3) is 0 Å². The van der Waals surface area contributed by atoms with Crippen molar-refractivity contribution in [2.75, 3.05) is 13.1 Å². The van der Waals surface area contributed by atoms with E-state index in [0.29, 0.717) is 18.7 Å². The van der Waals surface area contributed by atoms with Crippen LogP contribution in [-0.4, -0.2) is 36.5 Å². The van der Waals surface area contributed by atoms with Gasteiger partial charge in [-0.25, -0.2) is 4.79 Å². The topological polar surface area (TPSA) is 84.6 Å². The molecule has 0 aromatic carbocycles. The number of aliphatic hydroxyl groups excluding tert-OH is 1. The Morgan fingerprint density at radius 3 is 2.62 bits per heavy atom. The number of carbonyl (C=O) groups excluding carboxylic acids is 1. The van der Waals surface area contributed by atoms with Crippen LogP contribution in [0.3, 0.4) is 0 Å². The van der Waals surface area contributed by atoms with E-state index in [9.17, 15) is 9.90 Å². The molecule has 0 saturated heterocycles. The third-order valence-electron chi connectivity index (χ3n) is 2.00. The molecule has 0 aromatic heterocycles. The molecule has 4 N–H and O–H groups in total. The maximum absolute atomic E-state index is 11.3. The first-order valence-corrected chi connectivity index (χ1v) is 5.47. The van der Waals surface area contributed by atoms with Crippen LogP contribution in [0.5, 0.6) is 0 Å². The fraction of sp³-hybridized carbons (Fsp3) is 0.727. The van der Waals surface area contributed by atoms with Crippen molar-refractivity contribution in [3.05, 3.63) is 12.2 Å². The minimum absolute atomic E-state index is 0.314. The SMILES string of the molecule is C=C(C)C(=O)OC(NCCCCN)C(C)O. The average molecular weight is 230 g/mol. The molecule has 16 heavy (non-hydrogen) atoms. The van der Waals surface area contributed by atoms with Gasteiger partial charge in [0.25, 0.3) is 0 Å². The Kier molecular flexibility index (Phi) is 7.80. The van der Waals surface area contributed by atoms with Crippen LogP contribution in [0.15, 0.2) is 12.2 Å². The lowest BCUT2D eigenvalue weighted by Crippen LogP contribution is -2.42. The molecule has 0 amide bonds. The van der Waals surface area contributed by atoms with Crippen molar-refractivity contribution in [3.8, 4) is 0 Å². The molecule has 94 valence electrons. The summed E-state index contributed by atoms with van der Waals surface area (Å²) in [6, 6.07) is 0. The second-order valence-corrected chi connectivity index (χ2v) is 3.80.